The van der Waals surface area contributed by atoms with Crippen molar-refractivity contribution in [1.82, 2.24) is 10.2 Å². The van der Waals surface area contributed by atoms with E-state index in [2.05, 4.69) is 48.3 Å². The second-order valence-corrected chi connectivity index (χ2v) is 5.73. The molecule has 0 saturated carbocycles. The van der Waals surface area contributed by atoms with Crippen LogP contribution in [0.3, 0.4) is 0 Å². The first-order valence-corrected chi connectivity index (χ1v) is 7.95. The van der Waals surface area contributed by atoms with Crippen LogP contribution < -0.4 is 10.2 Å². The van der Waals surface area contributed by atoms with Gasteiger partial charge in [-0.15, -0.1) is 0 Å². The van der Waals surface area contributed by atoms with Crippen molar-refractivity contribution in [2.75, 3.05) is 31.6 Å². The molecule has 2 rings (SSSR count). The summed E-state index contributed by atoms with van der Waals surface area (Å²) in [7, 11) is 1.88. The molecule has 1 saturated heterocycles. The molecule has 0 aliphatic carbocycles. The minimum Gasteiger partial charge on any atom is -0.372 e. The van der Waals surface area contributed by atoms with E-state index < -0.39 is 0 Å². The maximum absolute atomic E-state index is 11.5. The smallest absolute Gasteiger partial charge is 0.222 e. The molecule has 1 aliphatic heterocycles. The number of anilines is 1. The zero-order chi connectivity index (χ0) is 15.2. The maximum atomic E-state index is 11.5. The summed E-state index contributed by atoms with van der Waals surface area (Å²) >= 11 is 0. The standard InChI is InChI=1S/C17H27N3O/c1-4-20(5-2)16-9-6-14(7-10-16)12-18-15-8-11-17(21)19(3)13-15/h6-7,9-10,15,18H,4-5,8,11-13H2,1-3H3. The molecule has 1 atom stereocenters. The number of rotatable bonds is 6. The molecular weight excluding hydrogens is 262 g/mol. The van der Waals surface area contributed by atoms with E-state index in [-0.39, 0.29) is 5.91 Å². The minimum absolute atomic E-state index is 0.261. The highest BCUT2D eigenvalue weighted by molar-refractivity contribution is 5.76. The average molecular weight is 289 g/mol. The number of hydrogen-bond acceptors (Lipinski definition) is 3. The Kier molecular flexibility index (Phi) is 5.62. The van der Waals surface area contributed by atoms with E-state index in [1.165, 1.54) is 11.3 Å². The maximum Gasteiger partial charge on any atom is 0.222 e. The third-order valence-electron chi connectivity index (χ3n) is 4.29. The number of likely N-dealkylation sites (tertiary alicyclic amines) is 1. The SMILES string of the molecule is CCN(CC)c1ccc(CNC2CCC(=O)N(C)C2)cc1. The fourth-order valence-corrected chi connectivity index (χ4v) is 2.85. The van der Waals surface area contributed by atoms with Gasteiger partial charge in [-0.25, -0.2) is 0 Å². The molecule has 4 heteroatoms. The summed E-state index contributed by atoms with van der Waals surface area (Å²) in [5.41, 5.74) is 2.58. The van der Waals surface area contributed by atoms with Crippen LogP contribution >= 0.6 is 0 Å². The summed E-state index contributed by atoms with van der Waals surface area (Å²) in [4.78, 5) is 15.6. The van der Waals surface area contributed by atoms with Crippen LogP contribution in [0.25, 0.3) is 0 Å². The first-order valence-electron chi connectivity index (χ1n) is 7.95. The van der Waals surface area contributed by atoms with Gasteiger partial charge in [-0.3, -0.25) is 4.79 Å². The van der Waals surface area contributed by atoms with Gasteiger partial charge in [0.05, 0.1) is 0 Å². The normalized spacial score (nSPS) is 18.9. The van der Waals surface area contributed by atoms with E-state index in [4.69, 9.17) is 0 Å². The number of nitrogens with one attached hydrogen (secondary N) is 1. The van der Waals surface area contributed by atoms with Gasteiger partial charge < -0.3 is 15.1 Å². The van der Waals surface area contributed by atoms with Crippen molar-refractivity contribution in [3.05, 3.63) is 29.8 Å². The Hall–Kier alpha value is -1.55. The molecule has 1 aromatic rings. The van der Waals surface area contributed by atoms with Gasteiger partial charge in [0.1, 0.15) is 0 Å². The molecule has 116 valence electrons. The molecule has 1 aliphatic rings. The molecule has 1 unspecified atom stereocenters. The van der Waals surface area contributed by atoms with Gasteiger partial charge in [-0.2, -0.15) is 0 Å². The third-order valence-corrected chi connectivity index (χ3v) is 4.29. The van der Waals surface area contributed by atoms with Crippen LogP contribution in [-0.4, -0.2) is 43.5 Å². The van der Waals surface area contributed by atoms with Crippen LogP contribution in [-0.2, 0) is 11.3 Å². The quantitative estimate of drug-likeness (QED) is 0.872. The van der Waals surface area contributed by atoms with Crippen LogP contribution in [0.15, 0.2) is 24.3 Å². The average Bonchev–Trinajstić information content (AvgIpc) is 2.51. The predicted octanol–water partition coefficient (Wildman–Crippen LogP) is 2.24. The Morgan fingerprint density at radius 3 is 2.48 bits per heavy atom. The van der Waals surface area contributed by atoms with Gasteiger partial charge in [0.25, 0.3) is 0 Å². The Balaban J connectivity index is 1.85. The summed E-state index contributed by atoms with van der Waals surface area (Å²) in [6, 6.07) is 9.19. The number of piperidine rings is 1. The highest BCUT2D eigenvalue weighted by Gasteiger charge is 2.22. The third kappa shape index (κ3) is 4.21. The summed E-state index contributed by atoms with van der Waals surface area (Å²) in [6.07, 6.45) is 1.61. The van der Waals surface area contributed by atoms with Crippen LogP contribution in [0.2, 0.25) is 0 Å². The second kappa shape index (κ2) is 7.46. The number of benzene rings is 1. The fraction of sp³-hybridized carbons (Fsp3) is 0.588. The van der Waals surface area contributed by atoms with Gasteiger partial charge in [0.15, 0.2) is 0 Å². The number of hydrogen-bond donors (Lipinski definition) is 1. The van der Waals surface area contributed by atoms with Crippen LogP contribution in [0.1, 0.15) is 32.3 Å². The van der Waals surface area contributed by atoms with Crippen LogP contribution in [0.4, 0.5) is 5.69 Å². The lowest BCUT2D eigenvalue weighted by Gasteiger charge is -2.30. The van der Waals surface area contributed by atoms with Crippen molar-refractivity contribution < 1.29 is 4.79 Å². The summed E-state index contributed by atoms with van der Waals surface area (Å²) in [5, 5.41) is 3.56. The molecule has 4 nitrogen and oxygen atoms in total. The van der Waals surface area contributed by atoms with E-state index in [1.807, 2.05) is 11.9 Å². The van der Waals surface area contributed by atoms with E-state index in [0.29, 0.717) is 12.5 Å². The number of likely N-dealkylation sites (N-methyl/N-ethyl adjacent to an activating group) is 1. The van der Waals surface area contributed by atoms with Crippen LogP contribution in [0, 0.1) is 0 Å². The van der Waals surface area contributed by atoms with Crippen LogP contribution in [0.5, 0.6) is 0 Å². The Labute approximate surface area is 128 Å². The highest BCUT2D eigenvalue weighted by Crippen LogP contribution is 2.15. The molecule has 0 spiro atoms. The van der Waals surface area contributed by atoms with E-state index >= 15 is 0 Å². The first-order chi connectivity index (χ1) is 10.1. The van der Waals surface area contributed by atoms with Gasteiger partial charge in [0, 0.05) is 51.4 Å². The van der Waals surface area contributed by atoms with Crippen molar-refractivity contribution in [2.45, 2.75) is 39.3 Å². The number of carbonyl (C=O) groups excluding carboxylic acids is 1. The second-order valence-electron chi connectivity index (χ2n) is 5.73. The van der Waals surface area contributed by atoms with Crippen molar-refractivity contribution in [1.29, 1.82) is 0 Å². The van der Waals surface area contributed by atoms with Crippen molar-refractivity contribution in [3.63, 3.8) is 0 Å². The molecular formula is C17H27N3O. The molecule has 1 amide bonds. The van der Waals surface area contributed by atoms with Gasteiger partial charge >= 0.3 is 0 Å². The zero-order valence-corrected chi connectivity index (χ0v) is 13.4. The van der Waals surface area contributed by atoms with Gasteiger partial charge in [-0.05, 0) is 38.0 Å². The molecule has 0 aromatic heterocycles. The zero-order valence-electron chi connectivity index (χ0n) is 13.4. The van der Waals surface area contributed by atoms with E-state index in [1.54, 1.807) is 0 Å². The Morgan fingerprint density at radius 1 is 1.24 bits per heavy atom. The molecule has 0 bridgehead atoms. The van der Waals surface area contributed by atoms with Crippen molar-refractivity contribution in [2.24, 2.45) is 0 Å². The molecule has 1 heterocycles. The molecule has 21 heavy (non-hydrogen) atoms. The lowest BCUT2D eigenvalue weighted by atomic mass is 10.1. The summed E-state index contributed by atoms with van der Waals surface area (Å²) in [5.74, 6) is 0.261. The topological polar surface area (TPSA) is 35.6 Å². The fourth-order valence-electron chi connectivity index (χ4n) is 2.85. The van der Waals surface area contributed by atoms with E-state index in [9.17, 15) is 4.79 Å². The lowest BCUT2D eigenvalue weighted by Crippen LogP contribution is -2.46. The van der Waals surface area contributed by atoms with Crippen molar-refractivity contribution >= 4 is 11.6 Å². The largest absolute Gasteiger partial charge is 0.372 e. The molecule has 1 fully saturated rings. The van der Waals surface area contributed by atoms with Gasteiger partial charge in [0.2, 0.25) is 5.91 Å². The first kappa shape index (κ1) is 15.8. The lowest BCUT2D eigenvalue weighted by molar-refractivity contribution is -0.132. The summed E-state index contributed by atoms with van der Waals surface area (Å²) < 4.78 is 0. The number of amides is 1. The summed E-state index contributed by atoms with van der Waals surface area (Å²) in [6.45, 7) is 8.12. The van der Waals surface area contributed by atoms with Crippen molar-refractivity contribution in [3.8, 4) is 0 Å². The minimum atomic E-state index is 0.261. The monoisotopic (exact) mass is 289 g/mol. The predicted molar refractivity (Wildman–Crippen MR) is 87.5 cm³/mol. The highest BCUT2D eigenvalue weighted by atomic mass is 16.2. The Morgan fingerprint density at radius 2 is 1.90 bits per heavy atom. The molecule has 1 N–H and O–H groups in total. The van der Waals surface area contributed by atoms with E-state index in [0.717, 1.165) is 32.6 Å². The number of carbonyl (C=O) groups is 1. The number of nitrogens with zero attached hydrogens (tertiary/aromatic N) is 2. The molecule has 0 radical (unpaired) electrons. The van der Waals surface area contributed by atoms with Gasteiger partial charge in [-0.1, -0.05) is 12.1 Å². The Bertz CT molecular complexity index is 454. The molecule has 1 aromatic carbocycles.